The number of piperidine rings is 1. The molecule has 3 heteroatoms. The molecule has 1 unspecified atom stereocenters. The van der Waals surface area contributed by atoms with E-state index in [2.05, 4.69) is 18.7 Å². The van der Waals surface area contributed by atoms with E-state index in [-0.39, 0.29) is 5.41 Å². The van der Waals surface area contributed by atoms with Crippen LogP contribution >= 0.6 is 0 Å². The molecule has 1 heterocycles. The average Bonchev–Trinajstić information content (AvgIpc) is 2.89. The quantitative estimate of drug-likeness (QED) is 0.727. The molecule has 4 rings (SSSR count). The lowest BCUT2D eigenvalue weighted by molar-refractivity contribution is -0.159. The van der Waals surface area contributed by atoms with Gasteiger partial charge in [-0.25, -0.2) is 0 Å². The molecule has 0 spiro atoms. The summed E-state index contributed by atoms with van der Waals surface area (Å²) in [5.41, 5.74) is 0.536. The topological polar surface area (TPSA) is 37.4 Å². The highest BCUT2D eigenvalue weighted by Crippen LogP contribution is 2.66. The first-order valence-corrected chi connectivity index (χ1v) is 10.0. The standard InChI is InChI=1S/C21H33NO2/c1-13(23)15-6-7-16-14-5-8-18-21(3,12-10-19(24)22(18)4)17(14)9-11-20(15,16)2/h14-18H,5-12H2,1-4H3/t14-,15+,16-,17-,18?,20+,21+/m0/s1. The summed E-state index contributed by atoms with van der Waals surface area (Å²) in [6.45, 7) is 6.69. The fourth-order valence-electron chi connectivity index (χ4n) is 7.82. The Morgan fingerprint density at radius 3 is 2.42 bits per heavy atom. The Morgan fingerprint density at radius 2 is 1.71 bits per heavy atom. The average molecular weight is 332 g/mol. The molecule has 7 atom stereocenters. The minimum absolute atomic E-state index is 0.243. The summed E-state index contributed by atoms with van der Waals surface area (Å²) in [6.07, 6.45) is 9.05. The third-order valence-corrected chi connectivity index (χ3v) is 9.05. The molecule has 0 bridgehead atoms. The van der Waals surface area contributed by atoms with E-state index in [1.54, 1.807) is 0 Å². The van der Waals surface area contributed by atoms with Crippen LogP contribution in [-0.4, -0.2) is 29.7 Å². The van der Waals surface area contributed by atoms with Gasteiger partial charge in [0.25, 0.3) is 0 Å². The molecule has 0 radical (unpaired) electrons. The Hall–Kier alpha value is -0.860. The maximum absolute atomic E-state index is 12.2. The molecular formula is C21H33NO2. The fourth-order valence-corrected chi connectivity index (χ4v) is 7.82. The van der Waals surface area contributed by atoms with Crippen LogP contribution in [0.4, 0.5) is 0 Å². The number of ketones is 1. The van der Waals surface area contributed by atoms with Crippen LogP contribution < -0.4 is 0 Å². The van der Waals surface area contributed by atoms with Crippen LogP contribution in [0.3, 0.4) is 0 Å². The number of rotatable bonds is 1. The van der Waals surface area contributed by atoms with Crippen molar-refractivity contribution in [3.63, 3.8) is 0 Å². The lowest BCUT2D eigenvalue weighted by atomic mass is 9.46. The predicted molar refractivity (Wildman–Crippen MR) is 94.3 cm³/mol. The van der Waals surface area contributed by atoms with Gasteiger partial charge in [0.05, 0.1) is 0 Å². The summed E-state index contributed by atoms with van der Waals surface area (Å²) in [5, 5.41) is 0. The minimum Gasteiger partial charge on any atom is -0.342 e. The van der Waals surface area contributed by atoms with Crippen molar-refractivity contribution in [2.75, 3.05) is 7.05 Å². The van der Waals surface area contributed by atoms with Gasteiger partial charge in [0.15, 0.2) is 0 Å². The van der Waals surface area contributed by atoms with Crippen LogP contribution in [0.5, 0.6) is 0 Å². The summed E-state index contributed by atoms with van der Waals surface area (Å²) in [4.78, 5) is 26.5. The molecular weight excluding hydrogens is 298 g/mol. The molecule has 0 aromatic rings. The van der Waals surface area contributed by atoms with Gasteiger partial charge in [0.2, 0.25) is 5.91 Å². The Labute approximate surface area is 146 Å². The van der Waals surface area contributed by atoms with Crippen molar-refractivity contribution in [1.82, 2.24) is 4.90 Å². The maximum Gasteiger partial charge on any atom is 0.222 e. The highest BCUT2D eigenvalue weighted by Gasteiger charge is 2.61. The molecule has 0 N–H and O–H groups in total. The highest BCUT2D eigenvalue weighted by molar-refractivity contribution is 5.79. The Balaban J connectivity index is 1.64. The molecule has 1 saturated heterocycles. The summed E-state index contributed by atoms with van der Waals surface area (Å²) in [6, 6.07) is 0.439. The van der Waals surface area contributed by atoms with Gasteiger partial charge in [-0.1, -0.05) is 13.8 Å². The molecule has 134 valence electrons. The second-order valence-electron chi connectivity index (χ2n) is 9.77. The van der Waals surface area contributed by atoms with E-state index < -0.39 is 0 Å². The van der Waals surface area contributed by atoms with Gasteiger partial charge < -0.3 is 4.90 Å². The molecule has 3 aliphatic carbocycles. The van der Waals surface area contributed by atoms with Crippen molar-refractivity contribution in [2.24, 2.45) is 34.5 Å². The van der Waals surface area contributed by atoms with Gasteiger partial charge in [0.1, 0.15) is 5.78 Å². The smallest absolute Gasteiger partial charge is 0.222 e. The number of amides is 1. The zero-order valence-electron chi connectivity index (χ0n) is 15.8. The van der Waals surface area contributed by atoms with Gasteiger partial charge in [-0.15, -0.1) is 0 Å². The normalized spacial score (nSPS) is 50.9. The van der Waals surface area contributed by atoms with E-state index in [9.17, 15) is 9.59 Å². The maximum atomic E-state index is 12.2. The van der Waals surface area contributed by atoms with Crippen molar-refractivity contribution in [3.8, 4) is 0 Å². The lowest BCUT2D eigenvalue weighted by Crippen LogP contribution is -2.61. The van der Waals surface area contributed by atoms with Crippen LogP contribution in [0, 0.1) is 34.5 Å². The number of carbonyl (C=O) groups is 2. The summed E-state index contributed by atoms with van der Waals surface area (Å²) >= 11 is 0. The second-order valence-corrected chi connectivity index (χ2v) is 9.77. The molecule has 1 amide bonds. The van der Waals surface area contributed by atoms with Crippen molar-refractivity contribution in [2.45, 2.75) is 78.2 Å². The van der Waals surface area contributed by atoms with Gasteiger partial charge in [0, 0.05) is 25.4 Å². The van der Waals surface area contributed by atoms with Crippen LogP contribution in [0.25, 0.3) is 0 Å². The molecule has 4 aliphatic rings. The van der Waals surface area contributed by atoms with Crippen LogP contribution in [0.1, 0.15) is 72.1 Å². The summed E-state index contributed by atoms with van der Waals surface area (Å²) < 4.78 is 0. The number of nitrogens with zero attached hydrogens (tertiary/aromatic N) is 1. The lowest BCUT2D eigenvalue weighted by Gasteiger charge is -2.61. The molecule has 0 aromatic heterocycles. The summed E-state index contributed by atoms with van der Waals surface area (Å²) in [5.74, 6) is 3.30. The minimum atomic E-state index is 0.243. The van der Waals surface area contributed by atoms with E-state index in [0.29, 0.717) is 29.1 Å². The second kappa shape index (κ2) is 5.32. The van der Waals surface area contributed by atoms with E-state index in [1.165, 1.54) is 25.7 Å². The van der Waals surface area contributed by atoms with Crippen molar-refractivity contribution in [1.29, 1.82) is 0 Å². The van der Waals surface area contributed by atoms with Gasteiger partial charge in [-0.3, -0.25) is 9.59 Å². The zero-order valence-corrected chi connectivity index (χ0v) is 15.8. The highest BCUT2D eigenvalue weighted by atomic mass is 16.2. The number of carbonyl (C=O) groups excluding carboxylic acids is 2. The first-order valence-electron chi connectivity index (χ1n) is 10.0. The molecule has 4 fully saturated rings. The van der Waals surface area contributed by atoms with Crippen molar-refractivity contribution < 1.29 is 9.59 Å². The van der Waals surface area contributed by atoms with Crippen LogP contribution in [0.2, 0.25) is 0 Å². The van der Waals surface area contributed by atoms with E-state index in [1.807, 2.05) is 14.0 Å². The van der Waals surface area contributed by atoms with E-state index in [0.717, 1.165) is 43.4 Å². The van der Waals surface area contributed by atoms with Crippen LogP contribution in [-0.2, 0) is 9.59 Å². The Morgan fingerprint density at radius 1 is 1.00 bits per heavy atom. The van der Waals surface area contributed by atoms with Gasteiger partial charge in [-0.2, -0.15) is 0 Å². The zero-order chi connectivity index (χ0) is 17.3. The third kappa shape index (κ3) is 2.02. The van der Waals surface area contributed by atoms with Crippen LogP contribution in [0.15, 0.2) is 0 Å². The number of Topliss-reactive ketones (excluding diaryl/α,β-unsaturated/α-hetero) is 1. The number of likely N-dealkylation sites (tertiary alicyclic amines) is 1. The van der Waals surface area contributed by atoms with Gasteiger partial charge >= 0.3 is 0 Å². The molecule has 3 saturated carbocycles. The molecule has 24 heavy (non-hydrogen) atoms. The Bertz CT molecular complexity index is 572. The Kier molecular flexibility index (Phi) is 3.68. The first-order chi connectivity index (χ1) is 11.3. The van der Waals surface area contributed by atoms with Crippen molar-refractivity contribution in [3.05, 3.63) is 0 Å². The number of fused-ring (bicyclic) bond motifs is 5. The predicted octanol–water partition coefficient (Wildman–Crippen LogP) is 4.06. The van der Waals surface area contributed by atoms with E-state index in [4.69, 9.17) is 0 Å². The molecule has 3 nitrogen and oxygen atoms in total. The molecule has 1 aliphatic heterocycles. The van der Waals surface area contributed by atoms with E-state index >= 15 is 0 Å². The summed E-state index contributed by atoms with van der Waals surface area (Å²) in [7, 11) is 2.03. The first kappa shape index (κ1) is 16.6. The number of hydrogen-bond acceptors (Lipinski definition) is 2. The van der Waals surface area contributed by atoms with Crippen molar-refractivity contribution >= 4 is 11.7 Å². The molecule has 0 aromatic carbocycles. The largest absolute Gasteiger partial charge is 0.342 e. The third-order valence-electron chi connectivity index (χ3n) is 9.05. The van der Waals surface area contributed by atoms with Gasteiger partial charge in [-0.05, 0) is 80.5 Å². The number of hydrogen-bond donors (Lipinski definition) is 0. The SMILES string of the molecule is CC(=O)[C@H]1CC[C@H]2[C@@H]3CCC4N(C)C(=O)CC[C@]4(C)[C@H]3CC[C@]12C. The fraction of sp³-hybridized carbons (Fsp3) is 0.905. The monoisotopic (exact) mass is 331 g/mol.